The summed E-state index contributed by atoms with van der Waals surface area (Å²) in [5, 5.41) is 15.1. The van der Waals surface area contributed by atoms with Gasteiger partial charge in [-0.05, 0) is 31.1 Å². The molecule has 20 heavy (non-hydrogen) atoms. The fraction of sp³-hybridized carbons (Fsp3) is 0.867. The molecule has 0 bridgehead atoms. The smallest absolute Gasteiger partial charge is 0.315 e. The lowest BCUT2D eigenvalue weighted by molar-refractivity contribution is -0.143. The first-order valence-corrected chi connectivity index (χ1v) is 7.70. The van der Waals surface area contributed by atoms with Gasteiger partial charge in [0.15, 0.2) is 0 Å². The van der Waals surface area contributed by atoms with Crippen LogP contribution in [0.15, 0.2) is 0 Å². The molecule has 5 nitrogen and oxygen atoms in total. The third-order valence-electron chi connectivity index (χ3n) is 4.96. The molecule has 0 aromatic rings. The van der Waals surface area contributed by atoms with Crippen molar-refractivity contribution in [1.82, 2.24) is 10.6 Å². The number of nitrogens with one attached hydrogen (secondary N) is 2. The normalized spacial score (nSPS) is 32.6. The van der Waals surface area contributed by atoms with Gasteiger partial charge < -0.3 is 15.7 Å². The van der Waals surface area contributed by atoms with E-state index in [4.69, 9.17) is 0 Å². The Labute approximate surface area is 120 Å². The molecule has 2 fully saturated rings. The number of amides is 2. The Bertz CT molecular complexity index is 381. The van der Waals surface area contributed by atoms with Crippen molar-refractivity contribution in [2.24, 2.45) is 11.3 Å². The highest BCUT2D eigenvalue weighted by Gasteiger charge is 2.37. The zero-order valence-corrected chi connectivity index (χ0v) is 12.4. The Balaban J connectivity index is 1.88. The van der Waals surface area contributed by atoms with E-state index in [9.17, 15) is 14.7 Å². The topological polar surface area (TPSA) is 78.4 Å². The van der Waals surface area contributed by atoms with Gasteiger partial charge in [0.2, 0.25) is 0 Å². The van der Waals surface area contributed by atoms with Gasteiger partial charge in [-0.1, -0.05) is 33.1 Å². The van der Waals surface area contributed by atoms with E-state index in [0.29, 0.717) is 6.42 Å². The summed E-state index contributed by atoms with van der Waals surface area (Å²) < 4.78 is 0. The van der Waals surface area contributed by atoms with Crippen molar-refractivity contribution < 1.29 is 14.7 Å². The molecule has 0 heterocycles. The summed E-state index contributed by atoms with van der Waals surface area (Å²) in [7, 11) is 0. The summed E-state index contributed by atoms with van der Waals surface area (Å²) in [5.74, 6) is -1.23. The van der Waals surface area contributed by atoms with Crippen LogP contribution in [0, 0.1) is 11.3 Å². The first-order chi connectivity index (χ1) is 9.40. The minimum atomic E-state index is -0.795. The summed E-state index contributed by atoms with van der Waals surface area (Å²) in [6, 6.07) is -0.247. The van der Waals surface area contributed by atoms with E-state index in [1.807, 2.05) is 0 Å². The van der Waals surface area contributed by atoms with E-state index in [1.54, 1.807) is 0 Å². The molecule has 3 N–H and O–H groups in total. The van der Waals surface area contributed by atoms with Gasteiger partial charge in [-0.2, -0.15) is 0 Å². The van der Waals surface area contributed by atoms with Gasteiger partial charge in [-0.25, -0.2) is 4.79 Å². The lowest BCUT2D eigenvalue weighted by Gasteiger charge is -2.32. The molecule has 0 aromatic carbocycles. The molecule has 3 atom stereocenters. The molecule has 0 radical (unpaired) electrons. The maximum Gasteiger partial charge on any atom is 0.315 e. The Kier molecular flexibility index (Phi) is 4.55. The average Bonchev–Trinajstić information content (AvgIpc) is 2.69. The number of hydrogen-bond donors (Lipinski definition) is 3. The van der Waals surface area contributed by atoms with Gasteiger partial charge in [0.05, 0.1) is 5.92 Å². The molecule has 5 heteroatoms. The first-order valence-electron chi connectivity index (χ1n) is 7.70. The van der Waals surface area contributed by atoms with E-state index in [-0.39, 0.29) is 23.5 Å². The van der Waals surface area contributed by atoms with Crippen molar-refractivity contribution in [3.63, 3.8) is 0 Å². The predicted molar refractivity (Wildman–Crippen MR) is 76.5 cm³/mol. The Morgan fingerprint density at radius 2 is 1.75 bits per heavy atom. The molecular formula is C15H26N2O3. The summed E-state index contributed by atoms with van der Waals surface area (Å²) in [6.07, 6.45) is 6.62. The molecule has 0 spiro atoms. The number of carbonyl (C=O) groups excluding carboxylic acids is 1. The maximum absolute atomic E-state index is 12.1. The number of carbonyl (C=O) groups is 2. The summed E-state index contributed by atoms with van der Waals surface area (Å²) in [6.45, 7) is 4.34. The van der Waals surface area contributed by atoms with Crippen LogP contribution in [0.1, 0.15) is 58.8 Å². The molecule has 2 rings (SSSR count). The highest BCUT2D eigenvalue weighted by Crippen LogP contribution is 2.37. The molecule has 2 aliphatic rings. The second kappa shape index (κ2) is 6.02. The van der Waals surface area contributed by atoms with Crippen LogP contribution >= 0.6 is 0 Å². The summed E-state index contributed by atoms with van der Waals surface area (Å²) in [5.41, 5.74) is 0.135. The minimum Gasteiger partial charge on any atom is -0.481 e. The standard InChI is InChI=1S/C15H26N2O3/c1-15(2)9-5-8-12(15)17-14(20)16-11-7-4-3-6-10(11)13(18)19/h10-12H,3-9H2,1-2H3,(H,18,19)(H2,16,17,20). The zero-order valence-electron chi connectivity index (χ0n) is 12.4. The minimum absolute atomic E-state index is 0.135. The zero-order chi connectivity index (χ0) is 14.8. The molecular weight excluding hydrogens is 256 g/mol. The Morgan fingerprint density at radius 1 is 1.05 bits per heavy atom. The van der Waals surface area contributed by atoms with Crippen LogP contribution in [0.25, 0.3) is 0 Å². The van der Waals surface area contributed by atoms with E-state index in [2.05, 4.69) is 24.5 Å². The Morgan fingerprint density at radius 3 is 2.35 bits per heavy atom. The maximum atomic E-state index is 12.1. The quantitative estimate of drug-likeness (QED) is 0.744. The molecule has 0 aliphatic heterocycles. The number of hydrogen-bond acceptors (Lipinski definition) is 2. The number of aliphatic carboxylic acids is 1. The molecule has 2 amide bonds. The fourth-order valence-electron chi connectivity index (χ4n) is 3.56. The SMILES string of the molecule is CC1(C)CCCC1NC(=O)NC1CCCCC1C(=O)O. The third-order valence-corrected chi connectivity index (χ3v) is 4.96. The van der Waals surface area contributed by atoms with E-state index in [0.717, 1.165) is 38.5 Å². The third kappa shape index (κ3) is 3.44. The monoisotopic (exact) mass is 282 g/mol. The van der Waals surface area contributed by atoms with Gasteiger partial charge in [0.25, 0.3) is 0 Å². The van der Waals surface area contributed by atoms with Gasteiger partial charge in [0.1, 0.15) is 0 Å². The van der Waals surface area contributed by atoms with Crippen LogP contribution < -0.4 is 10.6 Å². The van der Waals surface area contributed by atoms with Crippen LogP contribution in [0.5, 0.6) is 0 Å². The molecule has 2 aliphatic carbocycles. The van der Waals surface area contributed by atoms with Crippen LogP contribution in [0.3, 0.4) is 0 Å². The molecule has 0 saturated heterocycles. The number of carboxylic acids is 1. The van der Waals surface area contributed by atoms with Crippen molar-refractivity contribution in [3.05, 3.63) is 0 Å². The van der Waals surface area contributed by atoms with Crippen molar-refractivity contribution in [1.29, 1.82) is 0 Å². The highest BCUT2D eigenvalue weighted by molar-refractivity contribution is 5.77. The second-order valence-corrected chi connectivity index (χ2v) is 6.89. The highest BCUT2D eigenvalue weighted by atomic mass is 16.4. The van der Waals surface area contributed by atoms with E-state index < -0.39 is 11.9 Å². The van der Waals surface area contributed by atoms with Gasteiger partial charge >= 0.3 is 12.0 Å². The first kappa shape index (κ1) is 15.1. The van der Waals surface area contributed by atoms with Crippen molar-refractivity contribution in [2.45, 2.75) is 70.9 Å². The number of carboxylic acid groups (broad SMARTS) is 1. The van der Waals surface area contributed by atoms with Gasteiger partial charge in [-0.3, -0.25) is 4.79 Å². The predicted octanol–water partition coefficient (Wildman–Crippen LogP) is 2.51. The summed E-state index contributed by atoms with van der Waals surface area (Å²) >= 11 is 0. The van der Waals surface area contributed by atoms with Crippen molar-refractivity contribution >= 4 is 12.0 Å². The molecule has 3 unspecified atom stereocenters. The lowest BCUT2D eigenvalue weighted by Crippen LogP contribution is -2.52. The largest absolute Gasteiger partial charge is 0.481 e. The molecule has 2 saturated carbocycles. The molecule has 114 valence electrons. The van der Waals surface area contributed by atoms with Crippen molar-refractivity contribution in [2.75, 3.05) is 0 Å². The number of rotatable bonds is 3. The lowest BCUT2D eigenvalue weighted by atomic mass is 9.84. The van der Waals surface area contributed by atoms with Crippen LogP contribution in [-0.2, 0) is 4.79 Å². The summed E-state index contributed by atoms with van der Waals surface area (Å²) in [4.78, 5) is 23.3. The van der Waals surface area contributed by atoms with Crippen molar-refractivity contribution in [3.8, 4) is 0 Å². The fourth-order valence-corrected chi connectivity index (χ4v) is 3.56. The van der Waals surface area contributed by atoms with Crippen LogP contribution in [0.2, 0.25) is 0 Å². The van der Waals surface area contributed by atoms with Crippen LogP contribution in [0.4, 0.5) is 4.79 Å². The van der Waals surface area contributed by atoms with Gasteiger partial charge in [0, 0.05) is 12.1 Å². The van der Waals surface area contributed by atoms with E-state index in [1.165, 1.54) is 0 Å². The second-order valence-electron chi connectivity index (χ2n) is 6.89. The Hall–Kier alpha value is -1.26. The average molecular weight is 282 g/mol. The van der Waals surface area contributed by atoms with Gasteiger partial charge in [-0.15, -0.1) is 0 Å². The number of urea groups is 1. The van der Waals surface area contributed by atoms with E-state index >= 15 is 0 Å². The van der Waals surface area contributed by atoms with Crippen LogP contribution in [-0.4, -0.2) is 29.2 Å². The molecule has 0 aromatic heterocycles.